The molecule has 1 aromatic carbocycles. The maximum Gasteiger partial charge on any atom is 0.258 e. The number of thioether (sulfide) groups is 1. The van der Waals surface area contributed by atoms with E-state index in [1.54, 1.807) is 18.2 Å². The van der Waals surface area contributed by atoms with Crippen molar-refractivity contribution in [1.82, 2.24) is 15.4 Å². The Kier molecular flexibility index (Phi) is 5.37. The fourth-order valence-corrected chi connectivity index (χ4v) is 3.48. The number of carbonyl (C=O) groups is 3. The van der Waals surface area contributed by atoms with E-state index in [2.05, 4.69) is 16.2 Å². The zero-order valence-electron chi connectivity index (χ0n) is 13.6. The summed E-state index contributed by atoms with van der Waals surface area (Å²) >= 11 is 1.30. The molecule has 0 spiro atoms. The quantitative estimate of drug-likeness (QED) is 0.677. The highest BCUT2D eigenvalue weighted by atomic mass is 32.2. The van der Waals surface area contributed by atoms with E-state index in [-0.39, 0.29) is 24.4 Å². The predicted molar refractivity (Wildman–Crippen MR) is 96.3 cm³/mol. The van der Waals surface area contributed by atoms with Gasteiger partial charge in [-0.3, -0.25) is 30.0 Å². The van der Waals surface area contributed by atoms with E-state index in [1.165, 1.54) is 28.6 Å². The molecule has 0 saturated heterocycles. The first-order valence-corrected chi connectivity index (χ1v) is 8.70. The van der Waals surface area contributed by atoms with Gasteiger partial charge in [-0.1, -0.05) is 18.2 Å². The number of hydrogen-bond acceptors (Lipinski definition) is 5. The number of rotatable bonds is 4. The lowest BCUT2D eigenvalue weighted by Gasteiger charge is -2.23. The molecule has 9 heteroatoms. The number of pyridine rings is 1. The second kappa shape index (κ2) is 7.87. The van der Waals surface area contributed by atoms with Gasteiger partial charge >= 0.3 is 0 Å². The molecule has 134 valence electrons. The van der Waals surface area contributed by atoms with Gasteiger partial charge in [-0.2, -0.15) is 0 Å². The number of anilines is 1. The molecule has 0 fully saturated rings. The van der Waals surface area contributed by atoms with E-state index in [1.807, 2.05) is 18.2 Å². The summed E-state index contributed by atoms with van der Waals surface area (Å²) in [6.45, 7) is -0.216. The van der Waals surface area contributed by atoms with Crippen molar-refractivity contribution in [1.29, 1.82) is 0 Å². The standard InChI is InChI=1S/C17H16N4O4S/c22-14(19-20-15(23)10-21-8-4-3-7-16(21)24)9-13-17(25)18-11-5-1-2-6-12(11)26-13/h1-8,13H,9-10H2,(H,18,25)(H,19,22)(H,20,23)/t13-/m1/s1. The number of benzene rings is 1. The summed E-state index contributed by atoms with van der Waals surface area (Å²) in [5, 5.41) is 2.17. The summed E-state index contributed by atoms with van der Waals surface area (Å²) in [5.74, 6) is -1.30. The van der Waals surface area contributed by atoms with Gasteiger partial charge in [-0.15, -0.1) is 11.8 Å². The Hall–Kier alpha value is -3.07. The third kappa shape index (κ3) is 4.31. The molecular weight excluding hydrogens is 356 g/mol. The number of para-hydroxylation sites is 1. The fraction of sp³-hybridized carbons (Fsp3) is 0.176. The summed E-state index contributed by atoms with van der Waals surface area (Å²) < 4.78 is 1.21. The summed E-state index contributed by atoms with van der Waals surface area (Å²) in [6.07, 6.45) is 1.39. The van der Waals surface area contributed by atoms with E-state index in [4.69, 9.17) is 0 Å². The molecule has 0 unspecified atom stereocenters. The van der Waals surface area contributed by atoms with Crippen LogP contribution >= 0.6 is 11.8 Å². The number of nitrogens with zero attached hydrogens (tertiary/aromatic N) is 1. The van der Waals surface area contributed by atoms with Crippen LogP contribution in [-0.4, -0.2) is 27.5 Å². The third-order valence-corrected chi connectivity index (χ3v) is 4.91. The lowest BCUT2D eigenvalue weighted by atomic mass is 10.2. The second-order valence-electron chi connectivity index (χ2n) is 5.56. The van der Waals surface area contributed by atoms with E-state index < -0.39 is 17.1 Å². The van der Waals surface area contributed by atoms with Crippen LogP contribution in [0.15, 0.2) is 58.4 Å². The summed E-state index contributed by atoms with van der Waals surface area (Å²) in [7, 11) is 0. The van der Waals surface area contributed by atoms with Gasteiger partial charge in [-0.05, 0) is 18.2 Å². The maximum atomic E-state index is 12.1. The minimum absolute atomic E-state index is 0.0869. The zero-order valence-corrected chi connectivity index (χ0v) is 14.4. The largest absolute Gasteiger partial charge is 0.324 e. The Balaban J connectivity index is 1.50. The molecule has 0 radical (unpaired) electrons. The highest BCUT2D eigenvalue weighted by Gasteiger charge is 2.28. The number of hydrogen-bond donors (Lipinski definition) is 3. The molecule has 0 saturated carbocycles. The number of hydrazine groups is 1. The van der Waals surface area contributed by atoms with E-state index in [0.717, 1.165) is 10.6 Å². The SMILES string of the molecule is O=C(C[C@H]1Sc2ccccc2NC1=O)NNC(=O)Cn1ccccc1=O. The lowest BCUT2D eigenvalue weighted by molar-refractivity contribution is -0.129. The molecule has 2 heterocycles. The van der Waals surface area contributed by atoms with Crippen LogP contribution < -0.4 is 21.7 Å². The minimum Gasteiger partial charge on any atom is -0.324 e. The lowest BCUT2D eigenvalue weighted by Crippen LogP contribution is -2.45. The molecule has 1 atom stereocenters. The van der Waals surface area contributed by atoms with E-state index in [0.29, 0.717) is 0 Å². The highest BCUT2D eigenvalue weighted by Crippen LogP contribution is 2.36. The molecule has 1 aliphatic rings. The van der Waals surface area contributed by atoms with Crippen LogP contribution in [0.5, 0.6) is 0 Å². The molecule has 26 heavy (non-hydrogen) atoms. The van der Waals surface area contributed by atoms with Crippen molar-refractivity contribution in [3.05, 3.63) is 59.0 Å². The molecule has 3 amide bonds. The normalized spacial score (nSPS) is 15.5. The molecule has 2 aromatic rings. The number of nitrogens with one attached hydrogen (secondary N) is 3. The van der Waals surface area contributed by atoms with Crippen LogP contribution in [-0.2, 0) is 20.9 Å². The van der Waals surface area contributed by atoms with Crippen LogP contribution in [0, 0.1) is 0 Å². The van der Waals surface area contributed by atoms with Crippen LogP contribution in [0.4, 0.5) is 5.69 Å². The molecule has 3 N–H and O–H groups in total. The average molecular weight is 372 g/mol. The molecular formula is C17H16N4O4S. The van der Waals surface area contributed by atoms with Gasteiger partial charge < -0.3 is 9.88 Å². The monoisotopic (exact) mass is 372 g/mol. The molecule has 0 aliphatic carbocycles. The minimum atomic E-state index is -0.585. The van der Waals surface area contributed by atoms with Crippen molar-refractivity contribution in [2.45, 2.75) is 23.1 Å². The van der Waals surface area contributed by atoms with Crippen molar-refractivity contribution >= 4 is 35.2 Å². The van der Waals surface area contributed by atoms with E-state index >= 15 is 0 Å². The van der Waals surface area contributed by atoms with Crippen molar-refractivity contribution in [3.8, 4) is 0 Å². The summed E-state index contributed by atoms with van der Waals surface area (Å²) in [5.41, 5.74) is 4.92. The van der Waals surface area contributed by atoms with Gasteiger partial charge in [0.2, 0.25) is 11.8 Å². The molecule has 3 rings (SSSR count). The smallest absolute Gasteiger partial charge is 0.258 e. The van der Waals surface area contributed by atoms with Gasteiger partial charge in [-0.25, -0.2) is 0 Å². The van der Waals surface area contributed by atoms with Gasteiger partial charge in [0, 0.05) is 23.6 Å². The topological polar surface area (TPSA) is 109 Å². The molecule has 0 bridgehead atoms. The van der Waals surface area contributed by atoms with E-state index in [9.17, 15) is 19.2 Å². The van der Waals surface area contributed by atoms with Crippen molar-refractivity contribution in [2.24, 2.45) is 0 Å². The highest BCUT2D eigenvalue weighted by molar-refractivity contribution is 8.01. The first-order chi connectivity index (χ1) is 12.5. The Bertz CT molecular complexity index is 911. The maximum absolute atomic E-state index is 12.1. The number of aromatic nitrogens is 1. The Morgan fingerprint density at radius 1 is 1.04 bits per heavy atom. The van der Waals surface area contributed by atoms with Gasteiger partial charge in [0.25, 0.3) is 11.5 Å². The zero-order chi connectivity index (χ0) is 18.5. The van der Waals surface area contributed by atoms with Crippen molar-refractivity contribution in [3.63, 3.8) is 0 Å². The number of fused-ring (bicyclic) bond motifs is 1. The fourth-order valence-electron chi connectivity index (χ4n) is 2.37. The first-order valence-electron chi connectivity index (χ1n) is 7.82. The number of carbonyl (C=O) groups excluding carboxylic acids is 3. The van der Waals surface area contributed by atoms with Crippen molar-refractivity contribution < 1.29 is 14.4 Å². The van der Waals surface area contributed by atoms with Gasteiger partial charge in [0.05, 0.1) is 10.9 Å². The third-order valence-electron chi connectivity index (χ3n) is 3.63. The Morgan fingerprint density at radius 2 is 1.77 bits per heavy atom. The first kappa shape index (κ1) is 17.7. The predicted octanol–water partition coefficient (Wildman–Crippen LogP) is 0.499. The van der Waals surface area contributed by atoms with Gasteiger partial charge in [0.1, 0.15) is 6.54 Å². The number of amides is 3. The van der Waals surface area contributed by atoms with Crippen LogP contribution in [0.3, 0.4) is 0 Å². The van der Waals surface area contributed by atoms with Crippen LogP contribution in [0.2, 0.25) is 0 Å². The van der Waals surface area contributed by atoms with Crippen molar-refractivity contribution in [2.75, 3.05) is 5.32 Å². The summed E-state index contributed by atoms with van der Waals surface area (Å²) in [6, 6.07) is 11.9. The van der Waals surface area contributed by atoms with Crippen LogP contribution in [0.1, 0.15) is 6.42 Å². The van der Waals surface area contributed by atoms with Gasteiger partial charge in [0.15, 0.2) is 0 Å². The molecule has 1 aromatic heterocycles. The Morgan fingerprint density at radius 3 is 2.58 bits per heavy atom. The molecule has 1 aliphatic heterocycles. The molecule has 8 nitrogen and oxygen atoms in total. The van der Waals surface area contributed by atoms with Crippen LogP contribution in [0.25, 0.3) is 0 Å². The summed E-state index contributed by atoms with van der Waals surface area (Å²) in [4.78, 5) is 48.3. The second-order valence-corrected chi connectivity index (χ2v) is 6.80. The Labute approximate surface area is 152 Å². The average Bonchev–Trinajstić information content (AvgIpc) is 2.62.